The Hall–Kier alpha value is -5.52. The quantitative estimate of drug-likeness (QED) is 0.164. The smallest absolute Gasteiger partial charge is 0.333 e. The molecule has 11 rings (SSSR count). The third kappa shape index (κ3) is 4.17. The molecule has 0 spiro atoms. The van der Waals surface area contributed by atoms with E-state index in [1.807, 2.05) is 11.3 Å². The van der Waals surface area contributed by atoms with Crippen molar-refractivity contribution < 1.29 is 0 Å². The summed E-state index contributed by atoms with van der Waals surface area (Å²) in [6.45, 7) is 13.9. The Labute approximate surface area is 314 Å². The maximum Gasteiger partial charge on any atom is 0.333 e. The van der Waals surface area contributed by atoms with E-state index in [0.717, 1.165) is 0 Å². The van der Waals surface area contributed by atoms with Gasteiger partial charge in [0.2, 0.25) is 0 Å². The SMILES string of the molecule is CC(C)(C)c1ccc(N2c3ccc(C(C)(C)C)cc3B3c4c2csc4-c2cc4c(c5ccccc5n4-c4ccccc4)c4c5ccccc5n3c24)cc1. The minimum atomic E-state index is 0.0120. The number of rotatable bonds is 2. The molecule has 3 aromatic heterocycles. The Kier molecular flexibility index (Phi) is 6.18. The third-order valence-electron chi connectivity index (χ3n) is 11.9. The van der Waals surface area contributed by atoms with Crippen molar-refractivity contribution in [3.8, 4) is 16.1 Å². The van der Waals surface area contributed by atoms with Gasteiger partial charge in [-0.2, -0.15) is 0 Å². The van der Waals surface area contributed by atoms with Crippen molar-refractivity contribution in [1.82, 2.24) is 9.05 Å². The molecule has 5 heterocycles. The monoisotopic (exact) mass is 701 g/mol. The van der Waals surface area contributed by atoms with Crippen molar-refractivity contribution >= 4 is 89.8 Å². The number of nitrogens with zero attached hydrogens (tertiary/aromatic N) is 3. The van der Waals surface area contributed by atoms with E-state index >= 15 is 0 Å². The van der Waals surface area contributed by atoms with Gasteiger partial charge >= 0.3 is 6.85 Å². The van der Waals surface area contributed by atoms with Gasteiger partial charge in [-0.05, 0) is 81.4 Å². The number of hydrogen-bond donors (Lipinski definition) is 0. The molecule has 53 heavy (non-hydrogen) atoms. The maximum absolute atomic E-state index is 2.71. The van der Waals surface area contributed by atoms with E-state index in [1.165, 1.54) is 98.9 Å². The molecule has 0 aliphatic carbocycles. The molecule has 0 saturated carbocycles. The zero-order valence-electron chi connectivity index (χ0n) is 31.0. The normalized spacial score (nSPS) is 13.8. The molecule has 0 atom stereocenters. The molecule has 256 valence electrons. The lowest BCUT2D eigenvalue weighted by atomic mass is 9.46. The first-order valence-corrected chi connectivity index (χ1v) is 19.7. The minimum absolute atomic E-state index is 0.0120. The van der Waals surface area contributed by atoms with Crippen LogP contribution in [0.5, 0.6) is 0 Å². The summed E-state index contributed by atoms with van der Waals surface area (Å²) in [5.74, 6) is 0. The molecule has 0 saturated heterocycles. The van der Waals surface area contributed by atoms with Crippen LogP contribution in [0.2, 0.25) is 0 Å². The van der Waals surface area contributed by atoms with Crippen LogP contribution in [-0.2, 0) is 10.8 Å². The highest BCUT2D eigenvalue weighted by molar-refractivity contribution is 7.17. The fourth-order valence-electron chi connectivity index (χ4n) is 9.33. The minimum Gasteiger partial charge on any atom is -0.375 e. The Bertz CT molecular complexity index is 2970. The summed E-state index contributed by atoms with van der Waals surface area (Å²) in [7, 11) is 0. The summed E-state index contributed by atoms with van der Waals surface area (Å²) < 4.78 is 5.19. The molecule has 0 fully saturated rings. The summed E-state index contributed by atoms with van der Waals surface area (Å²) >= 11 is 1.91. The Morgan fingerprint density at radius 1 is 0.547 bits per heavy atom. The molecule has 0 radical (unpaired) electrons. The second-order valence-electron chi connectivity index (χ2n) is 17.0. The molecule has 0 bridgehead atoms. The lowest BCUT2D eigenvalue weighted by Gasteiger charge is -2.39. The topological polar surface area (TPSA) is 13.1 Å². The van der Waals surface area contributed by atoms with E-state index in [-0.39, 0.29) is 17.7 Å². The number of para-hydroxylation sites is 3. The standard InChI is InChI=1S/C48H40BN3S/c1-47(2,3)29-20-23-32(24-21-29)51-39-25-22-30(48(4,5)6)26-36(39)49-44-41(51)28-53-46(44)35-27-40-42(43-34-17-11-13-19-38(34)52(49)45(35)43)33-16-10-12-18-37(33)50(40)31-14-8-7-9-15-31/h7-28H,1-6H3. The van der Waals surface area contributed by atoms with E-state index < -0.39 is 0 Å². The number of anilines is 3. The van der Waals surface area contributed by atoms with Crippen LogP contribution >= 0.6 is 11.3 Å². The molecule has 2 aliphatic rings. The lowest BCUT2D eigenvalue weighted by Crippen LogP contribution is -2.56. The summed E-state index contributed by atoms with van der Waals surface area (Å²) in [5.41, 5.74) is 17.0. The molecule has 6 aromatic carbocycles. The zero-order valence-corrected chi connectivity index (χ0v) is 31.8. The highest BCUT2D eigenvalue weighted by Crippen LogP contribution is 2.51. The van der Waals surface area contributed by atoms with Gasteiger partial charge in [0.25, 0.3) is 0 Å². The van der Waals surface area contributed by atoms with Crippen molar-refractivity contribution in [2.24, 2.45) is 0 Å². The van der Waals surface area contributed by atoms with Crippen molar-refractivity contribution in [2.75, 3.05) is 4.90 Å². The van der Waals surface area contributed by atoms with Gasteiger partial charge < -0.3 is 13.9 Å². The van der Waals surface area contributed by atoms with E-state index in [4.69, 9.17) is 0 Å². The first-order valence-electron chi connectivity index (χ1n) is 18.8. The average Bonchev–Trinajstić information content (AvgIpc) is 3.84. The van der Waals surface area contributed by atoms with Crippen molar-refractivity contribution in [3.63, 3.8) is 0 Å². The molecule has 5 heteroatoms. The van der Waals surface area contributed by atoms with Crippen molar-refractivity contribution in [3.05, 3.63) is 144 Å². The first kappa shape index (κ1) is 31.1. The van der Waals surface area contributed by atoms with E-state index in [9.17, 15) is 0 Å². The summed E-state index contributed by atoms with van der Waals surface area (Å²) in [4.78, 5) is 3.91. The molecule has 9 aromatic rings. The van der Waals surface area contributed by atoms with E-state index in [0.29, 0.717) is 0 Å². The van der Waals surface area contributed by atoms with Crippen LogP contribution in [0.1, 0.15) is 52.7 Å². The second kappa shape index (κ2) is 10.5. The van der Waals surface area contributed by atoms with Crippen LogP contribution < -0.4 is 15.8 Å². The van der Waals surface area contributed by atoms with Crippen LogP contribution in [0.25, 0.3) is 59.7 Å². The van der Waals surface area contributed by atoms with Gasteiger partial charge in [0, 0.05) is 65.5 Å². The summed E-state index contributed by atoms with van der Waals surface area (Å²) in [5, 5.41) is 7.72. The Morgan fingerprint density at radius 3 is 1.91 bits per heavy atom. The Balaban J connectivity index is 1.30. The number of hydrogen-bond acceptors (Lipinski definition) is 2. The molecular formula is C48H40BN3S. The van der Waals surface area contributed by atoms with Gasteiger partial charge in [-0.1, -0.05) is 120 Å². The predicted molar refractivity (Wildman–Crippen MR) is 230 cm³/mol. The van der Waals surface area contributed by atoms with Gasteiger partial charge in [-0.3, -0.25) is 0 Å². The van der Waals surface area contributed by atoms with Crippen LogP contribution in [-0.4, -0.2) is 15.9 Å². The molecule has 0 unspecified atom stereocenters. The van der Waals surface area contributed by atoms with Gasteiger partial charge in [0.05, 0.1) is 16.7 Å². The summed E-state index contributed by atoms with van der Waals surface area (Å²) in [6, 6.07) is 48.1. The van der Waals surface area contributed by atoms with Crippen LogP contribution in [0.15, 0.2) is 133 Å². The van der Waals surface area contributed by atoms with E-state index in [2.05, 4.69) is 188 Å². The zero-order chi connectivity index (χ0) is 36.0. The van der Waals surface area contributed by atoms with Crippen molar-refractivity contribution in [2.45, 2.75) is 52.4 Å². The van der Waals surface area contributed by atoms with Gasteiger partial charge in [-0.25, -0.2) is 0 Å². The number of benzene rings is 6. The highest BCUT2D eigenvalue weighted by atomic mass is 32.1. The number of aromatic nitrogens is 2. The predicted octanol–water partition coefficient (Wildman–Crippen LogP) is 12.0. The fraction of sp³-hybridized carbons (Fsp3) is 0.167. The Morgan fingerprint density at radius 2 is 1.19 bits per heavy atom. The third-order valence-corrected chi connectivity index (χ3v) is 12.9. The lowest BCUT2D eigenvalue weighted by molar-refractivity contribution is 0.590. The molecule has 2 aliphatic heterocycles. The largest absolute Gasteiger partial charge is 0.375 e. The number of fused-ring (bicyclic) bond motifs is 11. The van der Waals surface area contributed by atoms with Crippen LogP contribution in [0.4, 0.5) is 17.1 Å². The number of thiophene rings is 1. The van der Waals surface area contributed by atoms with Crippen LogP contribution in [0, 0.1) is 0 Å². The molecule has 3 nitrogen and oxygen atoms in total. The highest BCUT2D eigenvalue weighted by Gasteiger charge is 2.44. The van der Waals surface area contributed by atoms with Crippen LogP contribution in [0.3, 0.4) is 0 Å². The van der Waals surface area contributed by atoms with Gasteiger partial charge in [-0.15, -0.1) is 11.3 Å². The van der Waals surface area contributed by atoms with Gasteiger partial charge in [0.1, 0.15) is 0 Å². The molecular weight excluding hydrogens is 661 g/mol. The fourth-order valence-corrected chi connectivity index (χ4v) is 10.4. The molecule has 0 amide bonds. The van der Waals surface area contributed by atoms with Crippen molar-refractivity contribution in [1.29, 1.82) is 0 Å². The van der Waals surface area contributed by atoms with E-state index in [1.54, 1.807) is 0 Å². The average molecular weight is 702 g/mol. The van der Waals surface area contributed by atoms with Gasteiger partial charge in [0.15, 0.2) is 0 Å². The second-order valence-corrected chi connectivity index (χ2v) is 17.9. The molecule has 0 N–H and O–H groups in total. The first-order chi connectivity index (χ1) is 25.6. The maximum atomic E-state index is 2.71. The summed E-state index contributed by atoms with van der Waals surface area (Å²) in [6.07, 6.45) is 0.